The number of amides is 2. The fourth-order valence-electron chi connectivity index (χ4n) is 3.84. The lowest BCUT2D eigenvalue weighted by Gasteiger charge is -2.15. The monoisotopic (exact) mass is 506 g/mol. The molecule has 0 bridgehead atoms. The molecule has 2 aliphatic rings. The SMILES string of the molecule is O=C(O)CCOCCOCCOCCSCCNC(=O)CCCCC1SCC2NC(=O)CC21. The van der Waals surface area contributed by atoms with Crippen LogP contribution in [-0.2, 0) is 28.6 Å². The predicted molar refractivity (Wildman–Crippen MR) is 130 cm³/mol. The molecule has 0 aromatic carbocycles. The van der Waals surface area contributed by atoms with Crippen LogP contribution in [0, 0.1) is 5.92 Å². The molecule has 2 aliphatic heterocycles. The number of thioether (sulfide) groups is 2. The molecule has 2 heterocycles. The molecule has 0 spiro atoms. The van der Waals surface area contributed by atoms with Crippen LogP contribution in [0.15, 0.2) is 0 Å². The lowest BCUT2D eigenvalue weighted by molar-refractivity contribution is -0.138. The summed E-state index contributed by atoms with van der Waals surface area (Å²) in [4.78, 5) is 33.8. The van der Waals surface area contributed by atoms with Gasteiger partial charge in [0.15, 0.2) is 0 Å². The van der Waals surface area contributed by atoms with Crippen molar-refractivity contribution in [1.82, 2.24) is 10.6 Å². The number of hydrogen-bond donors (Lipinski definition) is 3. The highest BCUT2D eigenvalue weighted by Gasteiger charge is 2.42. The van der Waals surface area contributed by atoms with Gasteiger partial charge in [-0.25, -0.2) is 0 Å². The van der Waals surface area contributed by atoms with Crippen molar-refractivity contribution in [1.29, 1.82) is 0 Å². The predicted octanol–water partition coefficient (Wildman–Crippen LogP) is 1.54. The maximum absolute atomic E-state index is 12.0. The number of nitrogens with one attached hydrogen (secondary N) is 2. The molecule has 190 valence electrons. The molecule has 0 radical (unpaired) electrons. The standard InChI is InChI=1S/C22H38N2O7S2/c25-20(4-2-1-3-19-17-15-21(26)24-18(17)16-33-19)23-6-13-32-14-12-31-11-10-30-9-8-29-7-5-22(27)28/h17-19H,1-16H2,(H,23,25)(H,24,26)(H,27,28). The van der Waals surface area contributed by atoms with Crippen LogP contribution in [0.1, 0.15) is 38.5 Å². The Bertz CT molecular complexity index is 597. The van der Waals surface area contributed by atoms with Crippen LogP contribution in [0.4, 0.5) is 0 Å². The summed E-state index contributed by atoms with van der Waals surface area (Å²) < 4.78 is 15.9. The van der Waals surface area contributed by atoms with Crippen LogP contribution in [0.5, 0.6) is 0 Å². The number of carbonyl (C=O) groups is 3. The Morgan fingerprint density at radius 2 is 1.76 bits per heavy atom. The fourth-order valence-corrected chi connectivity index (χ4v) is 6.17. The minimum Gasteiger partial charge on any atom is -0.481 e. The van der Waals surface area contributed by atoms with E-state index in [1.807, 2.05) is 11.8 Å². The first-order valence-electron chi connectivity index (χ1n) is 11.8. The maximum Gasteiger partial charge on any atom is 0.305 e. The van der Waals surface area contributed by atoms with Gasteiger partial charge in [0.1, 0.15) is 0 Å². The highest BCUT2D eigenvalue weighted by molar-refractivity contribution is 8.00. The second kappa shape index (κ2) is 17.4. The van der Waals surface area contributed by atoms with E-state index in [1.165, 1.54) is 0 Å². The van der Waals surface area contributed by atoms with Crippen molar-refractivity contribution < 1.29 is 33.7 Å². The van der Waals surface area contributed by atoms with E-state index < -0.39 is 5.97 Å². The molecule has 0 aromatic heterocycles. The van der Waals surface area contributed by atoms with E-state index in [-0.39, 0.29) is 24.8 Å². The normalized spacial score (nSPS) is 21.7. The molecule has 33 heavy (non-hydrogen) atoms. The first-order valence-corrected chi connectivity index (χ1v) is 14.0. The molecular weight excluding hydrogens is 468 g/mol. The third-order valence-electron chi connectivity index (χ3n) is 5.54. The summed E-state index contributed by atoms with van der Waals surface area (Å²) in [6, 6.07) is 0.371. The molecule has 2 fully saturated rings. The van der Waals surface area contributed by atoms with Gasteiger partial charge in [0, 0.05) is 53.9 Å². The van der Waals surface area contributed by atoms with Gasteiger partial charge in [0.05, 0.1) is 46.1 Å². The minimum atomic E-state index is -0.866. The van der Waals surface area contributed by atoms with Crippen LogP contribution < -0.4 is 10.6 Å². The van der Waals surface area contributed by atoms with Gasteiger partial charge in [-0.2, -0.15) is 23.5 Å². The second-order valence-corrected chi connectivity index (χ2v) is 10.6. The Hall–Kier alpha value is -1.01. The Kier molecular flexibility index (Phi) is 14.9. The van der Waals surface area contributed by atoms with Crippen LogP contribution in [0.25, 0.3) is 0 Å². The number of fused-ring (bicyclic) bond motifs is 1. The van der Waals surface area contributed by atoms with Gasteiger partial charge in [-0.05, 0) is 12.8 Å². The van der Waals surface area contributed by atoms with Crippen LogP contribution in [0.2, 0.25) is 0 Å². The van der Waals surface area contributed by atoms with E-state index >= 15 is 0 Å². The number of carboxylic acids is 1. The van der Waals surface area contributed by atoms with Gasteiger partial charge < -0.3 is 30.0 Å². The molecule has 0 aromatic rings. The van der Waals surface area contributed by atoms with E-state index in [0.29, 0.717) is 69.6 Å². The summed E-state index contributed by atoms with van der Waals surface area (Å²) in [6.07, 6.45) is 4.28. The molecule has 2 rings (SSSR count). The van der Waals surface area contributed by atoms with Crippen LogP contribution in [-0.4, -0.2) is 97.6 Å². The van der Waals surface area contributed by atoms with Crippen molar-refractivity contribution in [3.05, 3.63) is 0 Å². The zero-order valence-corrected chi connectivity index (χ0v) is 20.9. The molecule has 3 atom stereocenters. The van der Waals surface area contributed by atoms with Crippen molar-refractivity contribution in [3.8, 4) is 0 Å². The van der Waals surface area contributed by atoms with E-state index in [1.54, 1.807) is 11.8 Å². The molecule has 3 unspecified atom stereocenters. The molecular formula is C22H38N2O7S2. The van der Waals surface area contributed by atoms with Gasteiger partial charge in [-0.1, -0.05) is 6.42 Å². The minimum absolute atomic E-state index is 0.00783. The number of ether oxygens (including phenoxy) is 3. The first-order chi connectivity index (χ1) is 16.1. The Labute approximate surface area is 204 Å². The van der Waals surface area contributed by atoms with Crippen molar-refractivity contribution >= 4 is 41.3 Å². The van der Waals surface area contributed by atoms with E-state index in [0.717, 1.165) is 36.5 Å². The molecule has 0 saturated carbocycles. The lowest BCUT2D eigenvalue weighted by atomic mass is 9.94. The molecule has 2 saturated heterocycles. The van der Waals surface area contributed by atoms with Crippen molar-refractivity contribution in [3.63, 3.8) is 0 Å². The number of unbranched alkanes of at least 4 members (excludes halogenated alkanes) is 1. The number of hydrogen-bond acceptors (Lipinski definition) is 8. The van der Waals surface area contributed by atoms with E-state index in [9.17, 15) is 14.4 Å². The zero-order valence-electron chi connectivity index (χ0n) is 19.3. The number of aliphatic carboxylic acids is 1. The Morgan fingerprint density at radius 3 is 2.52 bits per heavy atom. The second-order valence-electron chi connectivity index (χ2n) is 8.10. The number of carboxylic acid groups (broad SMARTS) is 1. The van der Waals surface area contributed by atoms with Crippen LogP contribution >= 0.6 is 23.5 Å². The third kappa shape index (κ3) is 12.9. The Balaban J connectivity index is 1.28. The summed E-state index contributed by atoms with van der Waals surface area (Å²) >= 11 is 3.72. The summed E-state index contributed by atoms with van der Waals surface area (Å²) in [5.74, 6) is 2.70. The number of rotatable bonds is 20. The smallest absolute Gasteiger partial charge is 0.305 e. The highest BCUT2D eigenvalue weighted by Crippen LogP contribution is 2.40. The topological polar surface area (TPSA) is 123 Å². The average molecular weight is 507 g/mol. The number of carbonyl (C=O) groups excluding carboxylic acids is 2. The average Bonchev–Trinajstić information content (AvgIpc) is 3.33. The fraction of sp³-hybridized carbons (Fsp3) is 0.864. The van der Waals surface area contributed by atoms with Crippen molar-refractivity contribution in [2.45, 2.75) is 49.8 Å². The molecule has 3 N–H and O–H groups in total. The summed E-state index contributed by atoms with van der Waals surface area (Å²) in [6.45, 7) is 3.32. The lowest BCUT2D eigenvalue weighted by Crippen LogP contribution is -2.29. The quantitative estimate of drug-likeness (QED) is 0.211. The molecule has 0 aliphatic carbocycles. The Morgan fingerprint density at radius 1 is 1.03 bits per heavy atom. The highest BCUT2D eigenvalue weighted by atomic mass is 32.2. The maximum atomic E-state index is 12.0. The first kappa shape index (κ1) is 28.2. The summed E-state index contributed by atoms with van der Waals surface area (Å²) in [5, 5.41) is 15.1. The molecule has 2 amide bonds. The van der Waals surface area contributed by atoms with Crippen molar-refractivity contribution in [2.24, 2.45) is 5.92 Å². The van der Waals surface area contributed by atoms with Crippen molar-refractivity contribution in [2.75, 3.05) is 63.4 Å². The zero-order chi connectivity index (χ0) is 23.7. The largest absolute Gasteiger partial charge is 0.481 e. The van der Waals surface area contributed by atoms with Crippen LogP contribution in [0.3, 0.4) is 0 Å². The van der Waals surface area contributed by atoms with E-state index in [4.69, 9.17) is 19.3 Å². The van der Waals surface area contributed by atoms with Gasteiger partial charge in [0.2, 0.25) is 11.8 Å². The summed E-state index contributed by atoms with van der Waals surface area (Å²) in [5.41, 5.74) is 0. The van der Waals surface area contributed by atoms with Gasteiger partial charge in [-0.15, -0.1) is 0 Å². The molecule has 11 heteroatoms. The van der Waals surface area contributed by atoms with Gasteiger partial charge in [-0.3, -0.25) is 14.4 Å². The summed E-state index contributed by atoms with van der Waals surface area (Å²) in [7, 11) is 0. The van der Waals surface area contributed by atoms with E-state index in [2.05, 4.69) is 10.6 Å². The van der Waals surface area contributed by atoms with Gasteiger partial charge in [0.25, 0.3) is 0 Å². The third-order valence-corrected chi connectivity index (χ3v) is 8.05. The van der Waals surface area contributed by atoms with Gasteiger partial charge >= 0.3 is 5.97 Å². The molecule has 9 nitrogen and oxygen atoms in total.